The molecule has 0 bridgehead atoms. The molecule has 0 spiro atoms. The van der Waals surface area contributed by atoms with E-state index in [0.29, 0.717) is 0 Å². The first-order chi connectivity index (χ1) is 37.2. The van der Waals surface area contributed by atoms with Crippen LogP contribution in [0.4, 0.5) is 17.1 Å². The lowest BCUT2D eigenvalue weighted by molar-refractivity contribution is 0.660. The van der Waals surface area contributed by atoms with Crippen molar-refractivity contribution in [3.8, 4) is 83.7 Å². The molecule has 0 unspecified atom stereocenters. The van der Waals surface area contributed by atoms with E-state index in [2.05, 4.69) is 304 Å². The third kappa shape index (κ3) is 7.31. The summed E-state index contributed by atoms with van der Waals surface area (Å²) in [4.78, 5) is 2.41. The summed E-state index contributed by atoms with van der Waals surface area (Å²) in [6.07, 6.45) is 0. The second-order valence-electron chi connectivity index (χ2n) is 21.7. The fourth-order valence-corrected chi connectivity index (χ4v) is 12.7. The fourth-order valence-electron chi connectivity index (χ4n) is 12.7. The lowest BCUT2D eigenvalue weighted by atomic mass is 9.80. The highest BCUT2D eigenvalue weighted by molar-refractivity contribution is 6.09. The first kappa shape index (κ1) is 45.4. The lowest BCUT2D eigenvalue weighted by Crippen LogP contribution is -2.17. The van der Waals surface area contributed by atoms with E-state index in [0.717, 1.165) is 22.7 Å². The van der Waals surface area contributed by atoms with Gasteiger partial charge in [-0.25, -0.2) is 0 Å². The van der Waals surface area contributed by atoms with Gasteiger partial charge in [0.1, 0.15) is 0 Å². The number of hydrogen-bond donors (Lipinski definition) is 0. The number of fused-ring (bicyclic) bond motifs is 7. The molecular weight excluding hydrogens is 917 g/mol. The van der Waals surface area contributed by atoms with Crippen molar-refractivity contribution in [3.05, 3.63) is 289 Å². The summed E-state index contributed by atoms with van der Waals surface area (Å²) in [5.74, 6) is 0. The second kappa shape index (κ2) is 17.7. The summed E-state index contributed by atoms with van der Waals surface area (Å²) in [6.45, 7) is 9.64. The fraction of sp³-hybridized carbons (Fsp3) is 0.0811. The average molecular weight is 973 g/mol. The Hall–Kier alpha value is -9.24. The number of para-hydroxylation sites is 1. The van der Waals surface area contributed by atoms with Gasteiger partial charge in [0.25, 0.3) is 0 Å². The van der Waals surface area contributed by atoms with Crippen molar-refractivity contribution in [2.24, 2.45) is 0 Å². The van der Waals surface area contributed by atoms with Crippen molar-refractivity contribution >= 4 is 28.0 Å². The molecule has 2 aliphatic carbocycles. The van der Waals surface area contributed by atoms with E-state index in [4.69, 9.17) is 0 Å². The van der Waals surface area contributed by atoms with Crippen LogP contribution >= 0.6 is 0 Å². The van der Waals surface area contributed by atoms with Crippen molar-refractivity contribution in [3.63, 3.8) is 0 Å². The van der Waals surface area contributed by atoms with Gasteiger partial charge in [0.05, 0.1) is 11.2 Å². The maximum atomic E-state index is 2.50. The Morgan fingerprint density at radius 1 is 0.289 bits per heavy atom. The van der Waals surface area contributed by atoms with Gasteiger partial charge in [0, 0.05) is 44.5 Å². The molecule has 0 fully saturated rings. The Kier molecular flexibility index (Phi) is 10.6. The monoisotopic (exact) mass is 972 g/mol. The van der Waals surface area contributed by atoms with E-state index in [1.807, 2.05) is 0 Å². The van der Waals surface area contributed by atoms with Crippen LogP contribution < -0.4 is 4.90 Å². The summed E-state index contributed by atoms with van der Waals surface area (Å²) in [5.41, 5.74) is 28.1. The largest absolute Gasteiger partial charge is 0.310 e. The van der Waals surface area contributed by atoms with E-state index >= 15 is 0 Å². The van der Waals surface area contributed by atoms with Gasteiger partial charge in [0.2, 0.25) is 0 Å². The third-order valence-electron chi connectivity index (χ3n) is 16.6. The van der Waals surface area contributed by atoms with Crippen LogP contribution in [0.3, 0.4) is 0 Å². The van der Waals surface area contributed by atoms with Crippen LogP contribution in [0.1, 0.15) is 49.9 Å². The van der Waals surface area contributed by atoms with Crippen molar-refractivity contribution in [2.45, 2.75) is 38.5 Å². The molecule has 76 heavy (non-hydrogen) atoms. The van der Waals surface area contributed by atoms with Crippen LogP contribution in [0.15, 0.2) is 267 Å². The number of anilines is 3. The van der Waals surface area contributed by atoms with E-state index in [1.165, 1.54) is 111 Å². The molecule has 0 radical (unpaired) electrons. The molecule has 0 N–H and O–H groups in total. The molecule has 14 rings (SSSR count). The van der Waals surface area contributed by atoms with Gasteiger partial charge in [-0.05, 0) is 162 Å². The molecule has 2 heteroatoms. The molecule has 11 aromatic carbocycles. The molecule has 0 atom stereocenters. The Morgan fingerprint density at radius 3 is 1.16 bits per heavy atom. The minimum Gasteiger partial charge on any atom is -0.310 e. The van der Waals surface area contributed by atoms with E-state index in [1.54, 1.807) is 0 Å². The van der Waals surface area contributed by atoms with Gasteiger partial charge in [-0.2, -0.15) is 0 Å². The maximum Gasteiger partial charge on any atom is 0.0619 e. The number of rotatable bonds is 9. The van der Waals surface area contributed by atoms with Gasteiger partial charge in [-0.15, -0.1) is 0 Å². The molecule has 0 amide bonds. The third-order valence-corrected chi connectivity index (χ3v) is 16.6. The van der Waals surface area contributed by atoms with Gasteiger partial charge < -0.3 is 9.47 Å². The van der Waals surface area contributed by atoms with Crippen molar-refractivity contribution in [2.75, 3.05) is 4.90 Å². The SMILES string of the molecule is CC1(C)c2cc(-c3ccc4c(c3)C(C)(C)c3cc5c(cc3-4)c(-c3ccccc3)c(-c3ccccc3)n5-c3ccccc3)ccc2-c2ccc(N(c3ccc(-c4ccccc4)cc3)c3ccc(-c4ccccc4)cc3)cc21. The first-order valence-corrected chi connectivity index (χ1v) is 26.7. The summed E-state index contributed by atoms with van der Waals surface area (Å²) >= 11 is 0. The Balaban J connectivity index is 0.843. The Morgan fingerprint density at radius 2 is 0.658 bits per heavy atom. The number of nitrogens with zero attached hydrogens (tertiary/aromatic N) is 2. The molecule has 12 aromatic rings. The molecule has 0 saturated carbocycles. The van der Waals surface area contributed by atoms with Gasteiger partial charge >= 0.3 is 0 Å². The lowest BCUT2D eigenvalue weighted by Gasteiger charge is -2.28. The molecule has 0 saturated heterocycles. The minimum absolute atomic E-state index is 0.237. The molecule has 2 aliphatic rings. The van der Waals surface area contributed by atoms with Crippen LogP contribution in [0.2, 0.25) is 0 Å². The van der Waals surface area contributed by atoms with Crippen LogP contribution in [0.5, 0.6) is 0 Å². The van der Waals surface area contributed by atoms with E-state index in [9.17, 15) is 0 Å². The highest BCUT2D eigenvalue weighted by atomic mass is 15.1. The number of benzene rings is 11. The van der Waals surface area contributed by atoms with Crippen LogP contribution in [0, 0.1) is 0 Å². The molecule has 1 aromatic heterocycles. The average Bonchev–Trinajstić information content (AvgIpc) is 4.20. The molecule has 362 valence electrons. The Labute approximate surface area is 446 Å². The summed E-state index contributed by atoms with van der Waals surface area (Å²) in [6, 6.07) is 98.6. The summed E-state index contributed by atoms with van der Waals surface area (Å²) < 4.78 is 2.50. The standard InChI is InChI=1S/C74H56N2/c1-73(2)66-44-55(34-41-61(66)62-43-40-60(46-68(62)73)75(58-36-30-51(31-37-58)49-20-10-5-11-21-49)59-38-32-52(33-39-59)50-22-12-6-13-23-50)56-35-42-63-64-47-65-70(48-69(64)74(3,4)67(63)45-56)76(57-28-18-9-19-29-57)72(54-26-16-8-17-27-54)71(65)53-24-14-7-15-25-53/h5-48H,1-4H3. The predicted molar refractivity (Wildman–Crippen MR) is 320 cm³/mol. The van der Waals surface area contributed by atoms with Crippen molar-refractivity contribution in [1.82, 2.24) is 4.57 Å². The molecular formula is C74H56N2. The smallest absolute Gasteiger partial charge is 0.0619 e. The topological polar surface area (TPSA) is 8.17 Å². The zero-order valence-electron chi connectivity index (χ0n) is 43.3. The predicted octanol–water partition coefficient (Wildman–Crippen LogP) is 20.0. The van der Waals surface area contributed by atoms with Crippen LogP contribution in [0.25, 0.3) is 94.6 Å². The Bertz CT molecular complexity index is 4070. The number of hydrogen-bond acceptors (Lipinski definition) is 1. The maximum absolute atomic E-state index is 2.50. The summed E-state index contributed by atoms with van der Waals surface area (Å²) in [5, 5.41) is 1.26. The summed E-state index contributed by atoms with van der Waals surface area (Å²) in [7, 11) is 0. The number of aromatic nitrogens is 1. The van der Waals surface area contributed by atoms with Crippen molar-refractivity contribution in [1.29, 1.82) is 0 Å². The highest BCUT2D eigenvalue weighted by Crippen LogP contribution is 2.55. The van der Waals surface area contributed by atoms with E-state index in [-0.39, 0.29) is 10.8 Å². The van der Waals surface area contributed by atoms with Gasteiger partial charge in [-0.1, -0.05) is 222 Å². The van der Waals surface area contributed by atoms with Crippen LogP contribution in [-0.2, 0) is 10.8 Å². The minimum atomic E-state index is -0.239. The zero-order chi connectivity index (χ0) is 51.1. The van der Waals surface area contributed by atoms with Gasteiger partial charge in [-0.3, -0.25) is 0 Å². The van der Waals surface area contributed by atoms with Crippen LogP contribution in [-0.4, -0.2) is 4.57 Å². The molecule has 2 nitrogen and oxygen atoms in total. The normalized spacial score (nSPS) is 13.5. The molecule has 1 heterocycles. The zero-order valence-corrected chi connectivity index (χ0v) is 43.3. The van der Waals surface area contributed by atoms with E-state index < -0.39 is 0 Å². The second-order valence-corrected chi connectivity index (χ2v) is 21.7. The highest BCUT2D eigenvalue weighted by Gasteiger charge is 2.39. The molecule has 0 aliphatic heterocycles. The van der Waals surface area contributed by atoms with Gasteiger partial charge in [0.15, 0.2) is 0 Å². The first-order valence-electron chi connectivity index (χ1n) is 26.7. The quantitative estimate of drug-likeness (QED) is 0.140. The van der Waals surface area contributed by atoms with Crippen molar-refractivity contribution < 1.29 is 0 Å².